The molecule has 0 aromatic rings. The van der Waals surface area contributed by atoms with Gasteiger partial charge >= 0.3 is 11.9 Å². The Labute approximate surface area is 122 Å². The second-order valence-electron chi connectivity index (χ2n) is 6.35. The summed E-state index contributed by atoms with van der Waals surface area (Å²) in [6, 6.07) is 0. The zero-order valence-corrected chi connectivity index (χ0v) is 13.1. The van der Waals surface area contributed by atoms with Gasteiger partial charge in [0.25, 0.3) is 0 Å². The normalized spacial score (nSPS) is 20.8. The van der Waals surface area contributed by atoms with Crippen LogP contribution in [-0.2, 0) is 19.1 Å². The molecule has 1 heterocycles. The first-order valence-corrected chi connectivity index (χ1v) is 7.73. The molecule has 1 saturated heterocycles. The summed E-state index contributed by atoms with van der Waals surface area (Å²) < 4.78 is 9.97. The van der Waals surface area contributed by atoms with E-state index >= 15 is 0 Å². The molecule has 4 heteroatoms. The second kappa shape index (κ2) is 8.28. The largest absolute Gasteiger partial charge is 0.469 e. The third-order valence-electron chi connectivity index (χ3n) is 3.95. The average Bonchev–Trinajstić information content (AvgIpc) is 2.65. The lowest BCUT2D eigenvalue weighted by atomic mass is 9.88. The van der Waals surface area contributed by atoms with Crippen LogP contribution >= 0.6 is 0 Å². The molecule has 0 N–H and O–H groups in total. The van der Waals surface area contributed by atoms with Gasteiger partial charge in [0.05, 0.1) is 12.5 Å². The summed E-state index contributed by atoms with van der Waals surface area (Å²) in [6.07, 6.45) is 9.13. The van der Waals surface area contributed by atoms with E-state index in [4.69, 9.17) is 4.74 Å². The van der Waals surface area contributed by atoms with E-state index in [1.807, 2.05) is 13.8 Å². The number of unbranched alkanes of at least 4 members (excludes halogenated alkanes) is 5. The zero-order valence-electron chi connectivity index (χ0n) is 13.1. The standard InChI is InChI=1S/C16H28O4/c1-16(2)12-13(20-15(16)18)10-8-6-4-5-7-9-11-14(17)19-3/h13H,4-12H2,1-3H3. The van der Waals surface area contributed by atoms with E-state index in [-0.39, 0.29) is 23.5 Å². The van der Waals surface area contributed by atoms with Crippen LogP contribution in [0.25, 0.3) is 0 Å². The van der Waals surface area contributed by atoms with E-state index in [0.29, 0.717) is 6.42 Å². The number of esters is 2. The topological polar surface area (TPSA) is 52.6 Å². The first-order valence-electron chi connectivity index (χ1n) is 7.73. The van der Waals surface area contributed by atoms with Crippen LogP contribution in [0.3, 0.4) is 0 Å². The summed E-state index contributed by atoms with van der Waals surface area (Å²) in [5.74, 6) is -0.166. The molecule has 4 nitrogen and oxygen atoms in total. The van der Waals surface area contributed by atoms with Gasteiger partial charge in [-0.2, -0.15) is 0 Å². The van der Waals surface area contributed by atoms with Crippen molar-refractivity contribution in [1.29, 1.82) is 0 Å². The number of methoxy groups -OCH3 is 1. The summed E-state index contributed by atoms with van der Waals surface area (Å²) in [7, 11) is 1.43. The molecule has 0 saturated carbocycles. The predicted octanol–water partition coefficient (Wildman–Crippen LogP) is 3.62. The third-order valence-corrected chi connectivity index (χ3v) is 3.95. The maximum Gasteiger partial charge on any atom is 0.311 e. The summed E-state index contributed by atoms with van der Waals surface area (Å²) in [4.78, 5) is 22.4. The Morgan fingerprint density at radius 1 is 1.20 bits per heavy atom. The van der Waals surface area contributed by atoms with E-state index in [1.54, 1.807) is 0 Å². The lowest BCUT2D eigenvalue weighted by Crippen LogP contribution is -2.16. The molecule has 0 aromatic carbocycles. The lowest BCUT2D eigenvalue weighted by Gasteiger charge is -2.10. The van der Waals surface area contributed by atoms with Crippen LogP contribution in [0, 0.1) is 5.41 Å². The van der Waals surface area contributed by atoms with Crippen molar-refractivity contribution in [2.75, 3.05) is 7.11 Å². The van der Waals surface area contributed by atoms with Gasteiger partial charge < -0.3 is 9.47 Å². The zero-order chi connectivity index (χ0) is 15.0. The van der Waals surface area contributed by atoms with Gasteiger partial charge in [-0.3, -0.25) is 9.59 Å². The van der Waals surface area contributed by atoms with Crippen molar-refractivity contribution >= 4 is 11.9 Å². The quantitative estimate of drug-likeness (QED) is 0.479. The van der Waals surface area contributed by atoms with Gasteiger partial charge in [0.2, 0.25) is 0 Å². The van der Waals surface area contributed by atoms with Gasteiger partial charge in [0.1, 0.15) is 6.10 Å². The Hall–Kier alpha value is -1.06. The van der Waals surface area contributed by atoms with Crippen LogP contribution in [0.4, 0.5) is 0 Å². The van der Waals surface area contributed by atoms with Gasteiger partial charge in [-0.15, -0.1) is 0 Å². The maximum atomic E-state index is 11.5. The molecular weight excluding hydrogens is 256 g/mol. The fourth-order valence-corrected chi connectivity index (χ4v) is 2.62. The minimum absolute atomic E-state index is 0.0506. The molecule has 1 aliphatic rings. The molecule has 1 unspecified atom stereocenters. The Balaban J connectivity index is 1.93. The average molecular weight is 284 g/mol. The Kier molecular flexibility index (Phi) is 7.03. The highest BCUT2D eigenvalue weighted by molar-refractivity contribution is 5.78. The van der Waals surface area contributed by atoms with Gasteiger partial charge in [-0.05, 0) is 39.5 Å². The fraction of sp³-hybridized carbons (Fsp3) is 0.875. The van der Waals surface area contributed by atoms with Crippen molar-refractivity contribution in [2.45, 2.75) is 77.7 Å². The van der Waals surface area contributed by atoms with E-state index < -0.39 is 0 Å². The molecular formula is C16H28O4. The molecule has 0 radical (unpaired) electrons. The van der Waals surface area contributed by atoms with Crippen LogP contribution in [0.2, 0.25) is 0 Å². The summed E-state index contributed by atoms with van der Waals surface area (Å²) >= 11 is 0. The second-order valence-corrected chi connectivity index (χ2v) is 6.35. The molecule has 1 rings (SSSR count). The number of hydrogen-bond acceptors (Lipinski definition) is 4. The molecule has 1 atom stereocenters. The van der Waals surface area contributed by atoms with Gasteiger partial charge in [-0.25, -0.2) is 0 Å². The number of carbonyl (C=O) groups excluding carboxylic acids is 2. The summed E-state index contributed by atoms with van der Waals surface area (Å²) in [5.41, 5.74) is -0.293. The van der Waals surface area contributed by atoms with Crippen molar-refractivity contribution in [3.63, 3.8) is 0 Å². The van der Waals surface area contributed by atoms with Crippen LogP contribution in [-0.4, -0.2) is 25.2 Å². The number of ether oxygens (including phenoxy) is 2. The van der Waals surface area contributed by atoms with E-state index in [0.717, 1.165) is 38.5 Å². The molecule has 0 aromatic heterocycles. The number of hydrogen-bond donors (Lipinski definition) is 0. The summed E-state index contributed by atoms with van der Waals surface area (Å²) in [5, 5.41) is 0. The number of rotatable bonds is 9. The van der Waals surface area contributed by atoms with Gasteiger partial charge in [0, 0.05) is 6.42 Å². The highest BCUT2D eigenvalue weighted by atomic mass is 16.6. The van der Waals surface area contributed by atoms with Crippen molar-refractivity contribution < 1.29 is 19.1 Å². The van der Waals surface area contributed by atoms with Gasteiger partial charge in [0.15, 0.2) is 0 Å². The maximum absolute atomic E-state index is 11.5. The molecule has 20 heavy (non-hydrogen) atoms. The third kappa shape index (κ3) is 5.93. The van der Waals surface area contributed by atoms with Gasteiger partial charge in [-0.1, -0.05) is 25.7 Å². The highest BCUT2D eigenvalue weighted by Gasteiger charge is 2.40. The Bertz CT molecular complexity index is 322. The minimum atomic E-state index is -0.293. The molecule has 1 fully saturated rings. The molecule has 116 valence electrons. The van der Waals surface area contributed by atoms with Crippen LogP contribution < -0.4 is 0 Å². The van der Waals surface area contributed by atoms with E-state index in [2.05, 4.69) is 4.74 Å². The van der Waals surface area contributed by atoms with E-state index in [9.17, 15) is 9.59 Å². The van der Waals surface area contributed by atoms with Crippen molar-refractivity contribution in [3.8, 4) is 0 Å². The Morgan fingerprint density at radius 2 is 1.80 bits per heavy atom. The smallest absolute Gasteiger partial charge is 0.311 e. The molecule has 0 bridgehead atoms. The number of carbonyl (C=O) groups is 2. The Morgan fingerprint density at radius 3 is 2.35 bits per heavy atom. The lowest BCUT2D eigenvalue weighted by molar-refractivity contribution is -0.147. The SMILES string of the molecule is COC(=O)CCCCCCCCC1CC(C)(C)C(=O)O1. The van der Waals surface area contributed by atoms with Crippen molar-refractivity contribution in [1.82, 2.24) is 0 Å². The molecule has 0 amide bonds. The number of cyclic esters (lactones) is 1. The molecule has 1 aliphatic heterocycles. The predicted molar refractivity (Wildman–Crippen MR) is 77.2 cm³/mol. The van der Waals surface area contributed by atoms with Crippen molar-refractivity contribution in [2.24, 2.45) is 5.41 Å². The highest BCUT2D eigenvalue weighted by Crippen LogP contribution is 2.34. The minimum Gasteiger partial charge on any atom is -0.469 e. The van der Waals surface area contributed by atoms with Crippen LogP contribution in [0.5, 0.6) is 0 Å². The first-order chi connectivity index (χ1) is 9.45. The fourth-order valence-electron chi connectivity index (χ4n) is 2.62. The van der Waals surface area contributed by atoms with Crippen LogP contribution in [0.1, 0.15) is 71.6 Å². The van der Waals surface area contributed by atoms with Crippen LogP contribution in [0.15, 0.2) is 0 Å². The summed E-state index contributed by atoms with van der Waals surface area (Å²) in [6.45, 7) is 3.91. The first kappa shape index (κ1) is 17.0. The monoisotopic (exact) mass is 284 g/mol. The van der Waals surface area contributed by atoms with E-state index in [1.165, 1.54) is 20.0 Å². The molecule has 0 spiro atoms. The molecule has 0 aliphatic carbocycles. The van der Waals surface area contributed by atoms with Crippen molar-refractivity contribution in [3.05, 3.63) is 0 Å².